The summed E-state index contributed by atoms with van der Waals surface area (Å²) in [5, 5.41) is 9.67. The Labute approximate surface area is 182 Å². The highest BCUT2D eigenvalue weighted by Crippen LogP contribution is 2.31. The zero-order chi connectivity index (χ0) is 22.0. The van der Waals surface area contributed by atoms with Crippen molar-refractivity contribution in [3.05, 3.63) is 41.6 Å². The fourth-order valence-electron chi connectivity index (χ4n) is 3.59. The van der Waals surface area contributed by atoms with Crippen LogP contribution in [0.25, 0.3) is 0 Å². The molecule has 1 amide bonds. The summed E-state index contributed by atoms with van der Waals surface area (Å²) in [4.78, 5) is 17.1. The van der Waals surface area contributed by atoms with E-state index >= 15 is 0 Å². The van der Waals surface area contributed by atoms with Crippen LogP contribution in [0.3, 0.4) is 0 Å². The first-order valence-electron chi connectivity index (χ1n) is 10.0. The van der Waals surface area contributed by atoms with Crippen molar-refractivity contribution in [1.82, 2.24) is 9.78 Å². The van der Waals surface area contributed by atoms with Crippen molar-refractivity contribution in [2.24, 2.45) is 23.7 Å². The van der Waals surface area contributed by atoms with Gasteiger partial charge in [0.05, 0.1) is 17.1 Å². The van der Waals surface area contributed by atoms with Crippen LogP contribution < -0.4 is 16.4 Å². The smallest absolute Gasteiger partial charge is 0.251 e. The van der Waals surface area contributed by atoms with Gasteiger partial charge in [-0.3, -0.25) is 14.5 Å². The standard InChI is InChI=1S/C20H24F2N6O2S/c1-28-18(24-9-11-5-7-30-8-6-11)14(10-25-28)26-19(29)16-17(23)31-20(27-16)15-12(21)3-2-4-13(15)22/h2-4,10-11,16-17,24H,5-9,23H2,1H3,(H,26,29). The van der Waals surface area contributed by atoms with E-state index < -0.39 is 29.0 Å². The first-order chi connectivity index (χ1) is 14.9. The molecular weight excluding hydrogens is 426 g/mol. The van der Waals surface area contributed by atoms with Crippen LogP contribution in [0.2, 0.25) is 0 Å². The molecule has 2 aliphatic heterocycles. The summed E-state index contributed by atoms with van der Waals surface area (Å²) in [6, 6.07) is 2.58. The van der Waals surface area contributed by atoms with Gasteiger partial charge in [-0.2, -0.15) is 5.10 Å². The number of halogens is 2. The van der Waals surface area contributed by atoms with Crippen LogP contribution in [-0.2, 0) is 16.6 Å². The van der Waals surface area contributed by atoms with Crippen molar-refractivity contribution in [3.8, 4) is 0 Å². The number of nitrogens with two attached hydrogens (primary N) is 1. The van der Waals surface area contributed by atoms with Gasteiger partial charge in [0.15, 0.2) is 6.04 Å². The SMILES string of the molecule is Cn1ncc(NC(=O)C2N=C(c3c(F)cccc3F)SC2N)c1NCC1CCOCC1. The van der Waals surface area contributed by atoms with E-state index in [1.54, 1.807) is 17.9 Å². The zero-order valence-corrected chi connectivity index (χ0v) is 17.8. The van der Waals surface area contributed by atoms with Crippen molar-refractivity contribution in [1.29, 1.82) is 0 Å². The van der Waals surface area contributed by atoms with E-state index in [2.05, 4.69) is 20.7 Å². The van der Waals surface area contributed by atoms with Gasteiger partial charge in [-0.15, -0.1) is 0 Å². The van der Waals surface area contributed by atoms with Gasteiger partial charge in [0, 0.05) is 26.8 Å². The first kappa shape index (κ1) is 21.7. The molecule has 2 unspecified atom stereocenters. The van der Waals surface area contributed by atoms with Gasteiger partial charge in [0.1, 0.15) is 28.2 Å². The third-order valence-corrected chi connectivity index (χ3v) is 6.42. The van der Waals surface area contributed by atoms with Gasteiger partial charge < -0.3 is 21.1 Å². The molecule has 0 bridgehead atoms. The van der Waals surface area contributed by atoms with E-state index in [1.807, 2.05) is 0 Å². The molecule has 2 aliphatic rings. The average Bonchev–Trinajstić information content (AvgIpc) is 3.29. The monoisotopic (exact) mass is 450 g/mol. The molecule has 1 aromatic heterocycles. The number of nitrogens with zero attached hydrogens (tertiary/aromatic N) is 3. The Hall–Kier alpha value is -2.50. The highest BCUT2D eigenvalue weighted by molar-refractivity contribution is 8.15. The number of nitrogens with one attached hydrogen (secondary N) is 2. The zero-order valence-electron chi connectivity index (χ0n) is 17.0. The Morgan fingerprint density at radius 3 is 2.74 bits per heavy atom. The second-order valence-corrected chi connectivity index (χ2v) is 8.68. The fraction of sp³-hybridized carbons (Fsp3) is 0.450. The molecule has 2 aromatic rings. The van der Waals surface area contributed by atoms with E-state index in [9.17, 15) is 13.6 Å². The van der Waals surface area contributed by atoms with E-state index in [1.165, 1.54) is 6.07 Å². The fourth-order valence-corrected chi connectivity index (χ4v) is 4.65. The number of carbonyl (C=O) groups is 1. The van der Waals surface area contributed by atoms with Crippen LogP contribution in [-0.4, -0.2) is 51.9 Å². The maximum Gasteiger partial charge on any atom is 0.251 e. The van der Waals surface area contributed by atoms with E-state index in [4.69, 9.17) is 10.5 Å². The Morgan fingerprint density at radius 2 is 2.03 bits per heavy atom. The topological polar surface area (TPSA) is 107 Å². The summed E-state index contributed by atoms with van der Waals surface area (Å²) in [5.41, 5.74) is 6.29. The summed E-state index contributed by atoms with van der Waals surface area (Å²) in [5.74, 6) is -0.801. The summed E-state index contributed by atoms with van der Waals surface area (Å²) >= 11 is 0.971. The van der Waals surface area contributed by atoms with Crippen molar-refractivity contribution in [2.45, 2.75) is 24.3 Å². The number of hydrogen-bond donors (Lipinski definition) is 3. The van der Waals surface area contributed by atoms with Gasteiger partial charge >= 0.3 is 0 Å². The van der Waals surface area contributed by atoms with Crippen molar-refractivity contribution in [3.63, 3.8) is 0 Å². The van der Waals surface area contributed by atoms with Crippen LogP contribution in [0.15, 0.2) is 29.4 Å². The second-order valence-electron chi connectivity index (χ2n) is 7.51. The number of aryl methyl sites for hydroxylation is 1. The van der Waals surface area contributed by atoms with Gasteiger partial charge in [0.25, 0.3) is 5.91 Å². The summed E-state index contributed by atoms with van der Waals surface area (Å²) in [6.45, 7) is 2.24. The van der Waals surface area contributed by atoms with Crippen molar-refractivity contribution in [2.75, 3.05) is 30.4 Å². The third-order valence-electron chi connectivity index (χ3n) is 5.36. The molecule has 8 nitrogen and oxygen atoms in total. The number of amides is 1. The van der Waals surface area contributed by atoms with Crippen LogP contribution in [0.1, 0.15) is 18.4 Å². The number of aliphatic imine (C=N–C) groups is 1. The van der Waals surface area contributed by atoms with Crippen LogP contribution in [0.4, 0.5) is 20.3 Å². The van der Waals surface area contributed by atoms with Gasteiger partial charge in [-0.1, -0.05) is 17.8 Å². The molecule has 166 valence electrons. The molecule has 1 fully saturated rings. The Bertz CT molecular complexity index is 972. The summed E-state index contributed by atoms with van der Waals surface area (Å²) in [6.07, 6.45) is 3.49. The highest BCUT2D eigenvalue weighted by atomic mass is 32.2. The molecule has 11 heteroatoms. The largest absolute Gasteiger partial charge is 0.381 e. The van der Waals surface area contributed by atoms with Crippen molar-refractivity contribution < 1.29 is 18.3 Å². The quantitative estimate of drug-likeness (QED) is 0.624. The number of ether oxygens (including phenoxy) is 1. The lowest BCUT2D eigenvalue weighted by molar-refractivity contribution is -0.117. The van der Waals surface area contributed by atoms with Crippen LogP contribution in [0, 0.1) is 17.6 Å². The predicted octanol–water partition coefficient (Wildman–Crippen LogP) is 2.32. The Balaban J connectivity index is 1.46. The number of anilines is 2. The second kappa shape index (κ2) is 9.33. The minimum Gasteiger partial charge on any atom is -0.381 e. The Morgan fingerprint density at radius 1 is 1.32 bits per heavy atom. The summed E-state index contributed by atoms with van der Waals surface area (Å²) in [7, 11) is 1.77. The normalized spacial score (nSPS) is 21.7. The molecule has 0 aliphatic carbocycles. The van der Waals surface area contributed by atoms with Crippen molar-refractivity contribution >= 4 is 34.2 Å². The number of thioether (sulfide) groups is 1. The van der Waals surface area contributed by atoms with Gasteiger partial charge in [-0.05, 0) is 30.9 Å². The molecule has 1 saturated heterocycles. The molecule has 0 radical (unpaired) electrons. The molecule has 4 N–H and O–H groups in total. The lowest BCUT2D eigenvalue weighted by atomic mass is 10.0. The predicted molar refractivity (Wildman–Crippen MR) is 116 cm³/mol. The molecule has 0 saturated carbocycles. The minimum atomic E-state index is -0.984. The summed E-state index contributed by atoms with van der Waals surface area (Å²) < 4.78 is 35.2. The Kier molecular flexibility index (Phi) is 6.54. The number of carbonyl (C=O) groups excluding carboxylic acids is 1. The van der Waals surface area contributed by atoms with Gasteiger partial charge in [-0.25, -0.2) is 8.78 Å². The van der Waals surface area contributed by atoms with Crippen LogP contribution >= 0.6 is 11.8 Å². The number of hydrogen-bond acceptors (Lipinski definition) is 7. The molecule has 1 aromatic carbocycles. The number of benzene rings is 1. The van der Waals surface area contributed by atoms with E-state index in [0.717, 1.165) is 56.5 Å². The van der Waals surface area contributed by atoms with Crippen LogP contribution in [0.5, 0.6) is 0 Å². The number of rotatable bonds is 6. The lowest BCUT2D eigenvalue weighted by Crippen LogP contribution is -2.37. The molecule has 31 heavy (non-hydrogen) atoms. The molecular formula is C20H24F2N6O2S. The lowest BCUT2D eigenvalue weighted by Gasteiger charge is -2.23. The third kappa shape index (κ3) is 4.73. The van der Waals surface area contributed by atoms with Gasteiger partial charge in [0.2, 0.25) is 0 Å². The number of aromatic nitrogens is 2. The maximum absolute atomic E-state index is 14.1. The maximum atomic E-state index is 14.1. The van der Waals surface area contributed by atoms with E-state index in [-0.39, 0.29) is 10.6 Å². The first-order valence-corrected chi connectivity index (χ1v) is 10.9. The molecule has 2 atom stereocenters. The molecule has 0 spiro atoms. The molecule has 4 rings (SSSR count). The average molecular weight is 451 g/mol. The van der Waals surface area contributed by atoms with E-state index in [0.29, 0.717) is 17.4 Å². The minimum absolute atomic E-state index is 0.0762. The molecule has 3 heterocycles. The highest BCUT2D eigenvalue weighted by Gasteiger charge is 2.35.